The lowest BCUT2D eigenvalue weighted by molar-refractivity contribution is -0.143. The molecule has 0 saturated carbocycles. The molecule has 17 heavy (non-hydrogen) atoms. The van der Waals surface area contributed by atoms with Gasteiger partial charge < -0.3 is 9.47 Å². The Hall–Kier alpha value is -1.51. The molecule has 0 saturated heterocycles. The van der Waals surface area contributed by atoms with Crippen LogP contribution in [0.25, 0.3) is 0 Å². The first-order valence-electron chi connectivity index (χ1n) is 6.04. The Morgan fingerprint density at radius 2 is 1.94 bits per heavy atom. The molecule has 94 valence electrons. The lowest BCUT2D eigenvalue weighted by Crippen LogP contribution is -2.06. The molecule has 1 aromatic rings. The summed E-state index contributed by atoms with van der Waals surface area (Å²) < 4.78 is 10.2. The smallest absolute Gasteiger partial charge is 0.306 e. The molecule has 0 aliphatic rings. The molecule has 0 fully saturated rings. The van der Waals surface area contributed by atoms with Crippen molar-refractivity contribution in [3.05, 3.63) is 29.8 Å². The first kappa shape index (κ1) is 13.6. The highest BCUT2D eigenvalue weighted by Gasteiger charge is 2.03. The Bertz CT molecular complexity index is 330. The van der Waals surface area contributed by atoms with Gasteiger partial charge in [-0.3, -0.25) is 4.79 Å². The molecule has 0 radical (unpaired) electrons. The Morgan fingerprint density at radius 1 is 1.24 bits per heavy atom. The van der Waals surface area contributed by atoms with Crippen LogP contribution in [-0.2, 0) is 16.0 Å². The highest BCUT2D eigenvalue weighted by Crippen LogP contribution is 2.12. The second-order valence-electron chi connectivity index (χ2n) is 3.92. The molecule has 0 heterocycles. The standard InChI is InChI=1S/C14H20O3/c1-3-4-11-17-14(15)10-7-12-5-8-13(16-2)9-6-12/h5-6,8-9H,3-4,7,10-11H2,1-2H3. The molecule has 0 amide bonds. The Kier molecular flexibility index (Phi) is 6.15. The summed E-state index contributed by atoms with van der Waals surface area (Å²) in [6.07, 6.45) is 3.14. The number of benzene rings is 1. The fraction of sp³-hybridized carbons (Fsp3) is 0.500. The number of carbonyl (C=O) groups excluding carboxylic acids is 1. The number of methoxy groups -OCH3 is 1. The van der Waals surface area contributed by atoms with Gasteiger partial charge >= 0.3 is 5.97 Å². The summed E-state index contributed by atoms with van der Waals surface area (Å²) in [6.45, 7) is 2.61. The third-order valence-electron chi connectivity index (χ3n) is 2.54. The van der Waals surface area contributed by atoms with Crippen LogP contribution >= 0.6 is 0 Å². The van der Waals surface area contributed by atoms with Crippen molar-refractivity contribution in [2.24, 2.45) is 0 Å². The molecule has 0 aliphatic carbocycles. The minimum Gasteiger partial charge on any atom is -0.497 e. The maximum absolute atomic E-state index is 11.4. The maximum atomic E-state index is 11.4. The van der Waals surface area contributed by atoms with Gasteiger partial charge in [0.2, 0.25) is 0 Å². The number of rotatable bonds is 7. The van der Waals surface area contributed by atoms with E-state index in [9.17, 15) is 4.79 Å². The summed E-state index contributed by atoms with van der Waals surface area (Å²) in [4.78, 5) is 11.4. The van der Waals surface area contributed by atoms with Crippen LogP contribution in [0, 0.1) is 0 Å². The van der Waals surface area contributed by atoms with Gasteiger partial charge in [-0.15, -0.1) is 0 Å². The summed E-state index contributed by atoms with van der Waals surface area (Å²) in [5.41, 5.74) is 1.12. The van der Waals surface area contributed by atoms with Crippen molar-refractivity contribution in [1.82, 2.24) is 0 Å². The number of carbonyl (C=O) groups is 1. The number of hydrogen-bond acceptors (Lipinski definition) is 3. The van der Waals surface area contributed by atoms with Crippen molar-refractivity contribution in [2.45, 2.75) is 32.6 Å². The fourth-order valence-corrected chi connectivity index (χ4v) is 1.44. The molecule has 0 N–H and O–H groups in total. The van der Waals surface area contributed by atoms with Gasteiger partial charge in [0.1, 0.15) is 5.75 Å². The highest BCUT2D eigenvalue weighted by atomic mass is 16.5. The van der Waals surface area contributed by atoms with Crippen LogP contribution in [0.3, 0.4) is 0 Å². The van der Waals surface area contributed by atoms with Crippen LogP contribution < -0.4 is 4.74 Å². The molecule has 0 atom stereocenters. The maximum Gasteiger partial charge on any atom is 0.306 e. The van der Waals surface area contributed by atoms with Crippen molar-refractivity contribution in [3.63, 3.8) is 0 Å². The van der Waals surface area contributed by atoms with Gasteiger partial charge in [0, 0.05) is 6.42 Å². The normalized spacial score (nSPS) is 10.0. The van der Waals surface area contributed by atoms with Crippen molar-refractivity contribution >= 4 is 5.97 Å². The number of aryl methyl sites for hydroxylation is 1. The van der Waals surface area contributed by atoms with E-state index >= 15 is 0 Å². The van der Waals surface area contributed by atoms with Crippen LogP contribution in [0.15, 0.2) is 24.3 Å². The van der Waals surface area contributed by atoms with Gasteiger partial charge in [-0.2, -0.15) is 0 Å². The second-order valence-corrected chi connectivity index (χ2v) is 3.92. The molecule has 3 heteroatoms. The van der Waals surface area contributed by atoms with Crippen LogP contribution in [0.4, 0.5) is 0 Å². The van der Waals surface area contributed by atoms with Gasteiger partial charge in [0.15, 0.2) is 0 Å². The summed E-state index contributed by atoms with van der Waals surface area (Å²) in [5, 5.41) is 0. The van der Waals surface area contributed by atoms with E-state index in [-0.39, 0.29) is 5.97 Å². The summed E-state index contributed by atoms with van der Waals surface area (Å²) in [6, 6.07) is 7.74. The highest BCUT2D eigenvalue weighted by molar-refractivity contribution is 5.69. The number of esters is 1. The van der Waals surface area contributed by atoms with Gasteiger partial charge in [0.05, 0.1) is 13.7 Å². The molecule has 0 aromatic heterocycles. The Labute approximate surface area is 103 Å². The third kappa shape index (κ3) is 5.38. The molecule has 0 unspecified atom stereocenters. The predicted octanol–water partition coefficient (Wildman–Crippen LogP) is 2.97. The van der Waals surface area contributed by atoms with E-state index in [0.717, 1.165) is 30.6 Å². The van der Waals surface area contributed by atoms with Gasteiger partial charge in [-0.05, 0) is 30.5 Å². The molecule has 1 rings (SSSR count). The van der Waals surface area contributed by atoms with Gasteiger partial charge in [-0.1, -0.05) is 25.5 Å². The minimum atomic E-state index is -0.116. The zero-order valence-corrected chi connectivity index (χ0v) is 10.6. The monoisotopic (exact) mass is 236 g/mol. The van der Waals surface area contributed by atoms with E-state index in [2.05, 4.69) is 6.92 Å². The van der Waals surface area contributed by atoms with Crippen LogP contribution in [-0.4, -0.2) is 19.7 Å². The van der Waals surface area contributed by atoms with Crippen molar-refractivity contribution in [3.8, 4) is 5.75 Å². The number of hydrogen-bond donors (Lipinski definition) is 0. The topological polar surface area (TPSA) is 35.5 Å². The quantitative estimate of drug-likeness (QED) is 0.539. The lowest BCUT2D eigenvalue weighted by atomic mass is 10.1. The minimum absolute atomic E-state index is 0.116. The van der Waals surface area contributed by atoms with E-state index < -0.39 is 0 Å². The number of ether oxygens (including phenoxy) is 2. The van der Waals surface area contributed by atoms with Crippen molar-refractivity contribution < 1.29 is 14.3 Å². The fourth-order valence-electron chi connectivity index (χ4n) is 1.44. The van der Waals surface area contributed by atoms with E-state index in [4.69, 9.17) is 9.47 Å². The van der Waals surface area contributed by atoms with Crippen LogP contribution in [0.5, 0.6) is 5.75 Å². The molecular weight excluding hydrogens is 216 g/mol. The van der Waals surface area contributed by atoms with E-state index in [1.165, 1.54) is 0 Å². The van der Waals surface area contributed by atoms with Crippen LogP contribution in [0.1, 0.15) is 31.7 Å². The number of unbranched alkanes of at least 4 members (excludes halogenated alkanes) is 1. The van der Waals surface area contributed by atoms with E-state index in [1.807, 2.05) is 24.3 Å². The van der Waals surface area contributed by atoms with Crippen LogP contribution in [0.2, 0.25) is 0 Å². The molecule has 1 aromatic carbocycles. The SMILES string of the molecule is CCCCOC(=O)CCc1ccc(OC)cc1. The summed E-state index contributed by atoms with van der Waals surface area (Å²) in [5.74, 6) is 0.716. The first-order chi connectivity index (χ1) is 8.26. The van der Waals surface area contributed by atoms with E-state index in [1.54, 1.807) is 7.11 Å². The van der Waals surface area contributed by atoms with E-state index in [0.29, 0.717) is 13.0 Å². The lowest BCUT2D eigenvalue weighted by Gasteiger charge is -2.05. The predicted molar refractivity (Wildman–Crippen MR) is 67.2 cm³/mol. The van der Waals surface area contributed by atoms with Crippen molar-refractivity contribution in [2.75, 3.05) is 13.7 Å². The average molecular weight is 236 g/mol. The van der Waals surface area contributed by atoms with Crippen molar-refractivity contribution in [1.29, 1.82) is 0 Å². The second kappa shape index (κ2) is 7.71. The zero-order valence-electron chi connectivity index (χ0n) is 10.6. The molecule has 0 bridgehead atoms. The van der Waals surface area contributed by atoms with Gasteiger partial charge in [0.25, 0.3) is 0 Å². The Morgan fingerprint density at radius 3 is 2.53 bits per heavy atom. The Balaban J connectivity index is 2.27. The molecular formula is C14H20O3. The van der Waals surface area contributed by atoms with Gasteiger partial charge in [-0.25, -0.2) is 0 Å². The molecule has 0 aliphatic heterocycles. The summed E-state index contributed by atoms with van der Waals surface area (Å²) >= 11 is 0. The first-order valence-corrected chi connectivity index (χ1v) is 6.04. The summed E-state index contributed by atoms with van der Waals surface area (Å²) in [7, 11) is 1.64. The largest absolute Gasteiger partial charge is 0.497 e. The molecule has 3 nitrogen and oxygen atoms in total. The molecule has 0 spiro atoms. The zero-order chi connectivity index (χ0) is 12.5. The average Bonchev–Trinajstić information content (AvgIpc) is 2.37. The third-order valence-corrected chi connectivity index (χ3v) is 2.54.